The molecule has 162 valence electrons. The minimum absolute atomic E-state index is 0.00126. The number of esters is 1. The Morgan fingerprint density at radius 2 is 2.00 bits per heavy atom. The van der Waals surface area contributed by atoms with Crippen molar-refractivity contribution in [2.24, 2.45) is 23.2 Å². The van der Waals surface area contributed by atoms with E-state index in [0.717, 1.165) is 49.8 Å². The van der Waals surface area contributed by atoms with E-state index < -0.39 is 0 Å². The summed E-state index contributed by atoms with van der Waals surface area (Å²) >= 11 is 0. The number of carbonyl (C=O) groups excluding carboxylic acids is 1. The summed E-state index contributed by atoms with van der Waals surface area (Å²) in [6, 6.07) is 1.67. The van der Waals surface area contributed by atoms with Crippen molar-refractivity contribution in [3.8, 4) is 0 Å². The van der Waals surface area contributed by atoms with Crippen LogP contribution in [0.25, 0.3) is 0 Å². The van der Waals surface area contributed by atoms with E-state index in [1.807, 2.05) is 0 Å². The van der Waals surface area contributed by atoms with Crippen LogP contribution in [-0.2, 0) is 26.1 Å². The van der Waals surface area contributed by atoms with E-state index >= 15 is 0 Å². The van der Waals surface area contributed by atoms with Gasteiger partial charge in [-0.3, -0.25) is 4.79 Å². The molecule has 8 unspecified atom stereocenters. The molecule has 0 aromatic carbocycles. The van der Waals surface area contributed by atoms with Gasteiger partial charge in [0.2, 0.25) is 0 Å². The Balaban J connectivity index is 1.34. The molecular weight excluding hydrogens is 380 g/mol. The topological polar surface area (TPSA) is 69.0 Å². The summed E-state index contributed by atoms with van der Waals surface area (Å²) in [5.74, 6) is 2.48. The van der Waals surface area contributed by atoms with Crippen molar-refractivity contribution >= 4 is 5.97 Å². The van der Waals surface area contributed by atoms with Crippen molar-refractivity contribution in [2.45, 2.75) is 95.9 Å². The van der Waals surface area contributed by atoms with Crippen LogP contribution in [0.15, 0.2) is 15.3 Å². The van der Waals surface area contributed by atoms with E-state index in [-0.39, 0.29) is 40.2 Å². The highest BCUT2D eigenvalue weighted by atomic mass is 16.6. The molecule has 1 aromatic heterocycles. The number of epoxide rings is 1. The summed E-state index contributed by atoms with van der Waals surface area (Å²) < 4.78 is 17.8. The van der Waals surface area contributed by atoms with E-state index in [0.29, 0.717) is 17.8 Å². The average Bonchev–Trinajstić information content (AvgIpc) is 3.25. The average molecular weight is 413 g/mol. The number of hydrogen-bond donors (Lipinski definition) is 0. The maximum atomic E-state index is 12.0. The molecule has 1 aliphatic heterocycles. The smallest absolute Gasteiger partial charge is 0.336 e. The highest BCUT2D eigenvalue weighted by Gasteiger charge is 2.76. The molecule has 5 aliphatic rings. The summed E-state index contributed by atoms with van der Waals surface area (Å²) in [6.07, 6.45) is 7.44. The highest BCUT2D eigenvalue weighted by molar-refractivity contribution is 5.66. The van der Waals surface area contributed by atoms with Crippen molar-refractivity contribution in [1.29, 1.82) is 0 Å². The Hall–Kier alpha value is -1.62. The molecule has 1 saturated heterocycles. The summed E-state index contributed by atoms with van der Waals surface area (Å²) in [7, 11) is 0. The third-order valence-corrected chi connectivity index (χ3v) is 9.97. The summed E-state index contributed by atoms with van der Waals surface area (Å²) in [5.41, 5.74) is 2.33. The molecule has 0 bridgehead atoms. The Bertz CT molecular complexity index is 996. The van der Waals surface area contributed by atoms with Gasteiger partial charge in [-0.05, 0) is 73.3 Å². The molecule has 0 N–H and O–H groups in total. The van der Waals surface area contributed by atoms with Gasteiger partial charge in [0.25, 0.3) is 0 Å². The molecular formula is C25H32O5. The second kappa shape index (κ2) is 5.79. The number of carbonyl (C=O) groups is 1. The zero-order chi connectivity index (χ0) is 21.1. The zero-order valence-corrected chi connectivity index (χ0v) is 18.5. The maximum absolute atomic E-state index is 12.0. The quantitative estimate of drug-likeness (QED) is 0.514. The lowest BCUT2D eigenvalue weighted by molar-refractivity contribution is -0.156. The summed E-state index contributed by atoms with van der Waals surface area (Å²) in [4.78, 5) is 23.5. The first-order valence-electron chi connectivity index (χ1n) is 11.7. The number of ether oxygens (including phenoxy) is 2. The Labute approximate surface area is 177 Å². The first kappa shape index (κ1) is 19.1. The van der Waals surface area contributed by atoms with Crippen molar-refractivity contribution in [1.82, 2.24) is 0 Å². The molecule has 4 aliphatic carbocycles. The molecule has 0 amide bonds. The Morgan fingerprint density at radius 3 is 2.77 bits per heavy atom. The number of rotatable bonds is 1. The van der Waals surface area contributed by atoms with Gasteiger partial charge in [0.15, 0.2) is 0 Å². The van der Waals surface area contributed by atoms with Gasteiger partial charge in [-0.15, -0.1) is 0 Å². The lowest BCUT2D eigenvalue weighted by Gasteiger charge is -2.58. The van der Waals surface area contributed by atoms with Crippen LogP contribution >= 0.6 is 0 Å². The van der Waals surface area contributed by atoms with Gasteiger partial charge in [0, 0.05) is 31.2 Å². The second-order valence-electron chi connectivity index (χ2n) is 11.2. The minimum atomic E-state index is -0.214. The lowest BCUT2D eigenvalue weighted by atomic mass is 9.44. The van der Waals surface area contributed by atoms with Crippen LogP contribution < -0.4 is 5.63 Å². The van der Waals surface area contributed by atoms with Gasteiger partial charge in [-0.1, -0.05) is 13.8 Å². The second-order valence-corrected chi connectivity index (χ2v) is 11.2. The van der Waals surface area contributed by atoms with E-state index in [2.05, 4.69) is 20.8 Å². The zero-order valence-electron chi connectivity index (χ0n) is 18.5. The molecule has 5 nitrogen and oxygen atoms in total. The van der Waals surface area contributed by atoms with Gasteiger partial charge >= 0.3 is 11.6 Å². The van der Waals surface area contributed by atoms with Crippen LogP contribution in [0.2, 0.25) is 0 Å². The van der Waals surface area contributed by atoms with Crippen LogP contribution in [0.4, 0.5) is 0 Å². The van der Waals surface area contributed by atoms with Gasteiger partial charge in [-0.25, -0.2) is 4.79 Å². The van der Waals surface area contributed by atoms with Gasteiger partial charge in [-0.2, -0.15) is 0 Å². The van der Waals surface area contributed by atoms with Gasteiger partial charge in [0.1, 0.15) is 17.5 Å². The van der Waals surface area contributed by atoms with Crippen LogP contribution in [0, 0.1) is 30.1 Å². The highest BCUT2D eigenvalue weighted by Crippen LogP contribution is 2.73. The van der Waals surface area contributed by atoms with E-state index in [1.165, 1.54) is 18.9 Å². The predicted octanol–water partition coefficient (Wildman–Crippen LogP) is 4.07. The molecule has 8 atom stereocenters. The maximum Gasteiger partial charge on any atom is 0.336 e. The Morgan fingerprint density at radius 1 is 1.20 bits per heavy atom. The fourth-order valence-corrected chi connectivity index (χ4v) is 8.77. The van der Waals surface area contributed by atoms with Crippen LogP contribution in [0.1, 0.15) is 76.2 Å². The van der Waals surface area contributed by atoms with Gasteiger partial charge < -0.3 is 13.9 Å². The third kappa shape index (κ3) is 2.23. The van der Waals surface area contributed by atoms with Crippen molar-refractivity contribution in [2.75, 3.05) is 0 Å². The molecule has 1 spiro atoms. The fourth-order valence-electron chi connectivity index (χ4n) is 8.77. The summed E-state index contributed by atoms with van der Waals surface area (Å²) in [5, 5.41) is 0. The SMILES string of the molecule is CC(=O)OC1CCC2(C)C3CCC4(C)c5c(C)cc(=O)oc5CC4C3CC3OC32C1. The van der Waals surface area contributed by atoms with Crippen LogP contribution in [0.5, 0.6) is 0 Å². The Kier molecular flexibility index (Phi) is 3.68. The molecule has 4 fully saturated rings. The molecule has 0 radical (unpaired) electrons. The van der Waals surface area contributed by atoms with Gasteiger partial charge in [0.05, 0.1) is 6.10 Å². The van der Waals surface area contributed by atoms with Crippen molar-refractivity contribution < 1.29 is 18.7 Å². The summed E-state index contributed by atoms with van der Waals surface area (Å²) in [6.45, 7) is 8.43. The monoisotopic (exact) mass is 412 g/mol. The molecule has 6 rings (SSSR count). The van der Waals surface area contributed by atoms with Crippen molar-refractivity contribution in [3.05, 3.63) is 33.4 Å². The molecule has 30 heavy (non-hydrogen) atoms. The normalized spacial score (nSPS) is 47.9. The van der Waals surface area contributed by atoms with E-state index in [1.54, 1.807) is 6.07 Å². The predicted molar refractivity (Wildman–Crippen MR) is 110 cm³/mol. The van der Waals surface area contributed by atoms with E-state index in [9.17, 15) is 9.59 Å². The number of aryl methyl sites for hydroxylation is 1. The first-order chi connectivity index (χ1) is 14.2. The van der Waals surface area contributed by atoms with Crippen molar-refractivity contribution in [3.63, 3.8) is 0 Å². The molecule has 3 saturated carbocycles. The third-order valence-electron chi connectivity index (χ3n) is 9.97. The molecule has 2 heterocycles. The molecule has 1 aromatic rings. The molecule has 5 heteroatoms. The first-order valence-corrected chi connectivity index (χ1v) is 11.7. The lowest BCUT2D eigenvalue weighted by Crippen LogP contribution is -2.59. The fraction of sp³-hybridized carbons (Fsp3) is 0.760. The van der Waals surface area contributed by atoms with Crippen LogP contribution in [-0.4, -0.2) is 23.8 Å². The van der Waals surface area contributed by atoms with E-state index in [4.69, 9.17) is 13.9 Å². The number of hydrogen-bond acceptors (Lipinski definition) is 5. The van der Waals surface area contributed by atoms with Crippen LogP contribution in [0.3, 0.4) is 0 Å². The number of fused-ring (bicyclic) bond motifs is 6. The standard InChI is InChI=1S/C25H32O5/c1-13-9-21(27)29-19-11-18-16-10-20-25(30-20)12-15(28-14(2)26)5-8-24(25,4)17(16)6-7-23(18,3)22(13)19/h9,15-18,20H,5-8,10-12H2,1-4H3. The minimum Gasteiger partial charge on any atom is -0.462 e. The largest absolute Gasteiger partial charge is 0.462 e.